The fourth-order valence-corrected chi connectivity index (χ4v) is 7.00. The Morgan fingerprint density at radius 1 is 0.383 bits per heavy atom. The van der Waals surface area contributed by atoms with Crippen molar-refractivity contribution in [3.8, 4) is 22.3 Å². The Morgan fingerprint density at radius 3 is 1.30 bits per heavy atom. The van der Waals surface area contributed by atoms with Crippen molar-refractivity contribution in [2.75, 3.05) is 4.90 Å². The number of benzene rings is 8. The summed E-state index contributed by atoms with van der Waals surface area (Å²) in [6.45, 7) is 6.78. The number of fused-ring (bicyclic) bond motifs is 5. The lowest BCUT2D eigenvalue weighted by molar-refractivity contribution is 0.590. The molecular formula is C46H37N. The van der Waals surface area contributed by atoms with E-state index >= 15 is 0 Å². The lowest BCUT2D eigenvalue weighted by Gasteiger charge is -2.27. The zero-order valence-electron chi connectivity index (χ0n) is 27.1. The summed E-state index contributed by atoms with van der Waals surface area (Å²) >= 11 is 0. The van der Waals surface area contributed by atoms with E-state index in [1.165, 1.54) is 60.1 Å². The van der Waals surface area contributed by atoms with Crippen LogP contribution in [0.1, 0.15) is 26.3 Å². The molecule has 8 rings (SSSR count). The molecule has 8 aromatic rings. The molecule has 0 saturated carbocycles. The summed E-state index contributed by atoms with van der Waals surface area (Å²) in [5, 5.41) is 7.69. The predicted molar refractivity (Wildman–Crippen MR) is 203 cm³/mol. The second kappa shape index (κ2) is 11.6. The van der Waals surface area contributed by atoms with Gasteiger partial charge in [-0.25, -0.2) is 0 Å². The summed E-state index contributed by atoms with van der Waals surface area (Å²) in [4.78, 5) is 2.34. The first-order valence-electron chi connectivity index (χ1n) is 16.4. The smallest absolute Gasteiger partial charge is 0.0462 e. The van der Waals surface area contributed by atoms with Crippen LogP contribution >= 0.6 is 0 Å². The highest BCUT2D eigenvalue weighted by molar-refractivity contribution is 6.25. The minimum atomic E-state index is 0.106. The highest BCUT2D eigenvalue weighted by atomic mass is 15.1. The lowest BCUT2D eigenvalue weighted by Crippen LogP contribution is -2.13. The third kappa shape index (κ3) is 5.24. The van der Waals surface area contributed by atoms with Crippen LogP contribution in [0.4, 0.5) is 17.1 Å². The maximum atomic E-state index is 2.39. The van der Waals surface area contributed by atoms with Gasteiger partial charge in [-0.3, -0.25) is 0 Å². The van der Waals surface area contributed by atoms with E-state index < -0.39 is 0 Å². The monoisotopic (exact) mass is 603 g/mol. The Morgan fingerprint density at radius 2 is 0.787 bits per heavy atom. The van der Waals surface area contributed by atoms with E-state index in [1.807, 2.05) is 0 Å². The summed E-state index contributed by atoms with van der Waals surface area (Å²) in [6.07, 6.45) is 0. The fraction of sp³-hybridized carbons (Fsp3) is 0.0870. The van der Waals surface area contributed by atoms with Gasteiger partial charge in [0.05, 0.1) is 0 Å². The lowest BCUT2D eigenvalue weighted by atomic mass is 9.87. The minimum absolute atomic E-state index is 0.106. The molecule has 0 unspecified atom stereocenters. The quantitative estimate of drug-likeness (QED) is 0.177. The summed E-state index contributed by atoms with van der Waals surface area (Å²) in [7, 11) is 0. The van der Waals surface area contributed by atoms with Crippen molar-refractivity contribution in [2.45, 2.75) is 26.2 Å². The van der Waals surface area contributed by atoms with Crippen LogP contribution in [-0.2, 0) is 5.41 Å². The first-order valence-corrected chi connectivity index (χ1v) is 16.4. The molecule has 226 valence electrons. The molecule has 1 nitrogen and oxygen atoms in total. The van der Waals surface area contributed by atoms with Crippen LogP contribution in [0.15, 0.2) is 170 Å². The third-order valence-corrected chi connectivity index (χ3v) is 9.39. The van der Waals surface area contributed by atoms with Crippen molar-refractivity contribution in [1.82, 2.24) is 0 Å². The van der Waals surface area contributed by atoms with Crippen LogP contribution in [-0.4, -0.2) is 0 Å². The van der Waals surface area contributed by atoms with Gasteiger partial charge in [-0.1, -0.05) is 142 Å². The standard InChI is InChI=1S/C46H37N/c1-46(2,3)35-24-28-38(29-25-35)47(36-16-8-5-9-17-36)37-26-22-33(23-27-37)44-31-34-30-43(32-14-6-4-7-15-32)39-18-10-12-20-41(39)45(34)42-21-13-11-19-40(42)44/h4-31H,1-3H3. The van der Waals surface area contributed by atoms with E-state index in [0.717, 1.165) is 17.1 Å². The van der Waals surface area contributed by atoms with Crippen molar-refractivity contribution in [3.05, 3.63) is 175 Å². The first kappa shape index (κ1) is 28.8. The van der Waals surface area contributed by atoms with Gasteiger partial charge in [0.2, 0.25) is 0 Å². The van der Waals surface area contributed by atoms with Crippen LogP contribution < -0.4 is 4.90 Å². The molecule has 0 aliphatic rings. The van der Waals surface area contributed by atoms with Crippen LogP contribution in [0.25, 0.3) is 54.6 Å². The van der Waals surface area contributed by atoms with E-state index in [-0.39, 0.29) is 5.41 Å². The number of anilines is 3. The second-order valence-electron chi connectivity index (χ2n) is 13.4. The van der Waals surface area contributed by atoms with E-state index in [2.05, 4.69) is 196 Å². The number of para-hydroxylation sites is 1. The van der Waals surface area contributed by atoms with Crippen LogP contribution in [0.2, 0.25) is 0 Å². The van der Waals surface area contributed by atoms with E-state index in [9.17, 15) is 0 Å². The number of nitrogens with zero attached hydrogens (tertiary/aromatic N) is 1. The summed E-state index contributed by atoms with van der Waals surface area (Å²) < 4.78 is 0. The second-order valence-corrected chi connectivity index (χ2v) is 13.4. The molecule has 0 bridgehead atoms. The van der Waals surface area contributed by atoms with Gasteiger partial charge < -0.3 is 4.90 Å². The third-order valence-electron chi connectivity index (χ3n) is 9.39. The van der Waals surface area contributed by atoms with Gasteiger partial charge >= 0.3 is 0 Å². The largest absolute Gasteiger partial charge is 0.311 e. The predicted octanol–water partition coefficient (Wildman–Crippen LogP) is 13.2. The van der Waals surface area contributed by atoms with Crippen LogP contribution in [0.3, 0.4) is 0 Å². The fourth-order valence-electron chi connectivity index (χ4n) is 7.00. The SMILES string of the molecule is CC(C)(C)c1ccc(N(c2ccccc2)c2ccc(-c3cc4cc(-c5ccccc5)c5ccccc5c4c4ccccc34)cc2)cc1. The molecule has 0 aromatic heterocycles. The molecule has 1 heteroatoms. The molecule has 0 radical (unpaired) electrons. The molecule has 0 saturated heterocycles. The van der Waals surface area contributed by atoms with Gasteiger partial charge in [-0.05, 0) is 114 Å². The van der Waals surface area contributed by atoms with Crippen molar-refractivity contribution in [1.29, 1.82) is 0 Å². The van der Waals surface area contributed by atoms with Crippen molar-refractivity contribution < 1.29 is 0 Å². The average molecular weight is 604 g/mol. The molecule has 8 aromatic carbocycles. The van der Waals surface area contributed by atoms with Crippen molar-refractivity contribution >= 4 is 49.4 Å². The van der Waals surface area contributed by atoms with Crippen LogP contribution in [0, 0.1) is 0 Å². The zero-order chi connectivity index (χ0) is 32.0. The molecule has 0 N–H and O–H groups in total. The van der Waals surface area contributed by atoms with Crippen molar-refractivity contribution in [2.24, 2.45) is 0 Å². The molecular weight excluding hydrogens is 567 g/mol. The molecule has 0 amide bonds. The maximum Gasteiger partial charge on any atom is 0.0462 e. The van der Waals surface area contributed by atoms with E-state index in [0.29, 0.717) is 0 Å². The molecule has 0 aliphatic heterocycles. The Bertz CT molecular complexity index is 2350. The molecule has 47 heavy (non-hydrogen) atoms. The highest BCUT2D eigenvalue weighted by Gasteiger charge is 2.18. The van der Waals surface area contributed by atoms with Gasteiger partial charge in [0, 0.05) is 17.1 Å². The molecule has 0 fully saturated rings. The van der Waals surface area contributed by atoms with E-state index in [4.69, 9.17) is 0 Å². The summed E-state index contributed by atoms with van der Waals surface area (Å²) in [5.41, 5.74) is 9.80. The first-order chi connectivity index (χ1) is 23.0. The van der Waals surface area contributed by atoms with Crippen molar-refractivity contribution in [3.63, 3.8) is 0 Å². The van der Waals surface area contributed by atoms with Gasteiger partial charge in [0.15, 0.2) is 0 Å². The Hall–Kier alpha value is -5.66. The summed E-state index contributed by atoms with van der Waals surface area (Å²) in [5.74, 6) is 0. The molecule has 0 spiro atoms. The zero-order valence-corrected chi connectivity index (χ0v) is 27.1. The highest BCUT2D eigenvalue weighted by Crippen LogP contribution is 2.43. The number of rotatable bonds is 5. The maximum absolute atomic E-state index is 2.39. The van der Waals surface area contributed by atoms with Gasteiger partial charge in [-0.2, -0.15) is 0 Å². The number of hydrogen-bond acceptors (Lipinski definition) is 1. The van der Waals surface area contributed by atoms with Gasteiger partial charge in [-0.15, -0.1) is 0 Å². The topological polar surface area (TPSA) is 3.24 Å². The Balaban J connectivity index is 1.29. The molecule has 0 atom stereocenters. The average Bonchev–Trinajstić information content (AvgIpc) is 3.12. The Kier molecular flexibility index (Phi) is 7.11. The Labute approximate surface area is 277 Å². The number of hydrogen-bond donors (Lipinski definition) is 0. The van der Waals surface area contributed by atoms with Gasteiger partial charge in [0.25, 0.3) is 0 Å². The molecule has 0 aliphatic carbocycles. The minimum Gasteiger partial charge on any atom is -0.311 e. The van der Waals surface area contributed by atoms with E-state index in [1.54, 1.807) is 0 Å². The summed E-state index contributed by atoms with van der Waals surface area (Å²) in [6, 6.07) is 62.0. The molecule has 0 heterocycles. The normalized spacial score (nSPS) is 11.7. The van der Waals surface area contributed by atoms with Gasteiger partial charge in [0.1, 0.15) is 0 Å². The van der Waals surface area contributed by atoms with Crippen LogP contribution in [0.5, 0.6) is 0 Å².